The molecule has 0 aliphatic carbocycles. The molecule has 0 unspecified atom stereocenters. The van der Waals surface area contributed by atoms with Gasteiger partial charge in [0, 0.05) is 39.4 Å². The van der Waals surface area contributed by atoms with Crippen LogP contribution >= 0.6 is 0 Å². The lowest BCUT2D eigenvalue weighted by molar-refractivity contribution is 0.112. The molecule has 0 saturated carbocycles. The molecule has 4 aromatic rings. The summed E-state index contributed by atoms with van der Waals surface area (Å²) in [5.74, 6) is 6.17. The van der Waals surface area contributed by atoms with E-state index in [-0.39, 0.29) is 0 Å². The van der Waals surface area contributed by atoms with E-state index in [4.69, 9.17) is 4.42 Å². The molecule has 3 nitrogen and oxygen atoms in total. The van der Waals surface area contributed by atoms with Gasteiger partial charge in [-0.25, -0.2) is 0 Å². The number of hydrogen-bond donors (Lipinski definition) is 0. The summed E-state index contributed by atoms with van der Waals surface area (Å²) in [5, 5.41) is 1.96. The second-order valence-electron chi connectivity index (χ2n) is 5.20. The van der Waals surface area contributed by atoms with Crippen LogP contribution in [0.5, 0.6) is 0 Å². The molecule has 0 N–H and O–H groups in total. The smallest absolute Gasteiger partial charge is 0.151 e. The first-order valence-electron chi connectivity index (χ1n) is 6.93. The predicted octanol–water partition coefficient (Wildman–Crippen LogP) is 3.94. The first kappa shape index (κ1) is 12.6. The van der Waals surface area contributed by atoms with Crippen molar-refractivity contribution in [1.82, 2.24) is 4.98 Å². The fourth-order valence-electron chi connectivity index (χ4n) is 2.62. The summed E-state index contributed by atoms with van der Waals surface area (Å²) in [6.45, 7) is 1.92. The largest absolute Gasteiger partial charge is 0.456 e. The average Bonchev–Trinajstić information content (AvgIpc) is 3.14. The van der Waals surface area contributed by atoms with Crippen LogP contribution in [0, 0.1) is 18.8 Å². The molecule has 0 atom stereocenters. The number of benzene rings is 2. The van der Waals surface area contributed by atoms with Gasteiger partial charge in [-0.2, -0.15) is 0 Å². The summed E-state index contributed by atoms with van der Waals surface area (Å²) in [6.07, 6.45) is 2.57. The van der Waals surface area contributed by atoms with E-state index in [1.165, 1.54) is 0 Å². The van der Waals surface area contributed by atoms with E-state index >= 15 is 0 Å². The van der Waals surface area contributed by atoms with Crippen LogP contribution in [0.15, 0.2) is 47.0 Å². The summed E-state index contributed by atoms with van der Waals surface area (Å²) < 4.78 is 5.63. The molecule has 3 heteroatoms. The lowest BCUT2D eigenvalue weighted by Crippen LogP contribution is -1.88. The topological polar surface area (TPSA) is 43.1 Å². The van der Waals surface area contributed by atoms with Crippen molar-refractivity contribution in [1.29, 1.82) is 0 Å². The van der Waals surface area contributed by atoms with Crippen LogP contribution in [0.25, 0.3) is 21.9 Å². The van der Waals surface area contributed by atoms with Gasteiger partial charge in [0.1, 0.15) is 11.2 Å². The Balaban J connectivity index is 1.88. The fraction of sp³-hybridized carbons (Fsp3) is 0.0526. The Bertz CT molecular complexity index is 1060. The molecular weight excluding hydrogens is 274 g/mol. The zero-order chi connectivity index (χ0) is 15.1. The zero-order valence-corrected chi connectivity index (χ0v) is 11.9. The van der Waals surface area contributed by atoms with Gasteiger partial charge >= 0.3 is 0 Å². The number of fused-ring (bicyclic) bond motifs is 5. The highest BCUT2D eigenvalue weighted by Gasteiger charge is 2.12. The second kappa shape index (κ2) is 4.71. The minimum Gasteiger partial charge on any atom is -0.456 e. The number of furan rings is 2. The average molecular weight is 285 g/mol. The van der Waals surface area contributed by atoms with Crippen molar-refractivity contribution in [2.24, 2.45) is 0 Å². The molecule has 1 aromatic carbocycles. The number of hydrogen-bond acceptors (Lipinski definition) is 3. The zero-order valence-electron chi connectivity index (χ0n) is 11.9. The van der Waals surface area contributed by atoms with E-state index < -0.39 is 0 Å². The molecule has 0 spiro atoms. The quantitative estimate of drug-likeness (QED) is 0.393. The third kappa shape index (κ3) is 1.94. The lowest BCUT2D eigenvalue weighted by atomic mass is 10.0. The molecule has 22 heavy (non-hydrogen) atoms. The van der Waals surface area contributed by atoms with Gasteiger partial charge < -0.3 is 4.42 Å². The van der Waals surface area contributed by atoms with Crippen molar-refractivity contribution < 1.29 is 9.21 Å². The molecule has 0 aliphatic rings. The number of aromatic nitrogens is 1. The van der Waals surface area contributed by atoms with Gasteiger partial charge in [-0.3, -0.25) is 9.78 Å². The van der Waals surface area contributed by atoms with Gasteiger partial charge in [0.05, 0.1) is 0 Å². The van der Waals surface area contributed by atoms with E-state index in [0.717, 1.165) is 39.5 Å². The number of carbonyl (C=O) groups excluding carboxylic acids is 1. The number of carbonyl (C=O) groups is 1. The standard InChI is InChI=1S/C19H11NO2/c1-12-8-13(6-7-20-12)2-3-14-9-16-17(10-15(14)11-21)19-5-4-18(16)22-19/h4-11H,1H3. The van der Waals surface area contributed by atoms with E-state index in [2.05, 4.69) is 16.8 Å². The SMILES string of the molecule is Cc1cc(C#Cc2cc3c4ccc(o4)c3cc2C=O)ccn1. The minimum atomic E-state index is 0.578. The number of pyridine rings is 1. The van der Waals surface area contributed by atoms with Gasteiger partial charge in [0.25, 0.3) is 0 Å². The Morgan fingerprint density at radius 3 is 2.55 bits per heavy atom. The van der Waals surface area contributed by atoms with Gasteiger partial charge in [0.15, 0.2) is 6.29 Å². The third-order valence-electron chi connectivity index (χ3n) is 3.69. The molecule has 3 aromatic heterocycles. The first-order valence-corrected chi connectivity index (χ1v) is 6.93. The first-order chi connectivity index (χ1) is 10.7. The molecule has 0 saturated heterocycles. The third-order valence-corrected chi connectivity index (χ3v) is 3.69. The Labute approximate surface area is 126 Å². The van der Waals surface area contributed by atoms with Crippen LogP contribution in [-0.2, 0) is 0 Å². The normalized spacial score (nSPS) is 10.8. The Morgan fingerprint density at radius 2 is 1.82 bits per heavy atom. The predicted molar refractivity (Wildman–Crippen MR) is 85.2 cm³/mol. The number of rotatable bonds is 1. The van der Waals surface area contributed by atoms with E-state index in [1.54, 1.807) is 6.20 Å². The lowest BCUT2D eigenvalue weighted by Gasteiger charge is -1.99. The molecule has 0 radical (unpaired) electrons. The van der Waals surface area contributed by atoms with Crippen LogP contribution in [0.3, 0.4) is 0 Å². The fourth-order valence-corrected chi connectivity index (χ4v) is 2.62. The molecule has 3 heterocycles. The molecule has 2 bridgehead atoms. The van der Waals surface area contributed by atoms with E-state index in [0.29, 0.717) is 11.1 Å². The number of nitrogens with zero attached hydrogens (tertiary/aromatic N) is 1. The van der Waals surface area contributed by atoms with Crippen LogP contribution in [0.2, 0.25) is 0 Å². The highest BCUT2D eigenvalue weighted by Crippen LogP contribution is 2.32. The highest BCUT2D eigenvalue weighted by atomic mass is 16.3. The summed E-state index contributed by atoms with van der Waals surface area (Å²) in [6, 6.07) is 11.4. The maximum Gasteiger partial charge on any atom is 0.151 e. The minimum absolute atomic E-state index is 0.578. The van der Waals surface area contributed by atoms with Crippen molar-refractivity contribution in [2.45, 2.75) is 6.92 Å². The van der Waals surface area contributed by atoms with Crippen LogP contribution in [0.1, 0.15) is 27.2 Å². The molecule has 0 fully saturated rings. The maximum absolute atomic E-state index is 11.3. The van der Waals surface area contributed by atoms with Crippen molar-refractivity contribution in [2.75, 3.05) is 0 Å². The van der Waals surface area contributed by atoms with Crippen LogP contribution in [-0.4, -0.2) is 11.3 Å². The summed E-state index contributed by atoms with van der Waals surface area (Å²) >= 11 is 0. The van der Waals surface area contributed by atoms with Crippen molar-refractivity contribution in [3.63, 3.8) is 0 Å². The molecular formula is C19H11NO2. The van der Waals surface area contributed by atoms with Crippen molar-refractivity contribution >= 4 is 28.2 Å². The van der Waals surface area contributed by atoms with Crippen LogP contribution < -0.4 is 0 Å². The van der Waals surface area contributed by atoms with Gasteiger partial charge in [0.2, 0.25) is 0 Å². The van der Waals surface area contributed by atoms with Crippen molar-refractivity contribution in [3.8, 4) is 11.8 Å². The molecule has 0 amide bonds. The van der Waals surface area contributed by atoms with E-state index in [9.17, 15) is 4.79 Å². The Morgan fingerprint density at radius 1 is 1.05 bits per heavy atom. The summed E-state index contributed by atoms with van der Waals surface area (Å²) in [7, 11) is 0. The number of aldehydes is 1. The second-order valence-corrected chi connectivity index (χ2v) is 5.20. The maximum atomic E-state index is 11.3. The Kier molecular flexibility index (Phi) is 2.70. The van der Waals surface area contributed by atoms with E-state index in [1.807, 2.05) is 43.3 Å². The summed E-state index contributed by atoms with van der Waals surface area (Å²) in [5.41, 5.74) is 4.71. The Hall–Kier alpha value is -3.12. The number of aryl methyl sites for hydroxylation is 1. The monoisotopic (exact) mass is 285 g/mol. The molecule has 4 rings (SSSR count). The van der Waals surface area contributed by atoms with Gasteiger partial charge in [-0.05, 0) is 43.3 Å². The van der Waals surface area contributed by atoms with Crippen molar-refractivity contribution in [3.05, 3.63) is 65.0 Å². The van der Waals surface area contributed by atoms with Gasteiger partial charge in [-0.1, -0.05) is 11.8 Å². The summed E-state index contributed by atoms with van der Waals surface area (Å²) in [4.78, 5) is 15.5. The molecule has 0 aliphatic heterocycles. The molecule has 104 valence electrons. The van der Waals surface area contributed by atoms with Crippen LogP contribution in [0.4, 0.5) is 0 Å². The van der Waals surface area contributed by atoms with Gasteiger partial charge in [-0.15, -0.1) is 0 Å². The highest BCUT2D eigenvalue weighted by molar-refractivity contribution is 6.09.